The van der Waals surface area contributed by atoms with Gasteiger partial charge in [-0.3, -0.25) is 10.3 Å². The van der Waals surface area contributed by atoms with Crippen LogP contribution in [0.4, 0.5) is 5.95 Å². The smallest absolute Gasteiger partial charge is 0.241 e. The molecule has 6 nitrogen and oxygen atoms in total. The Morgan fingerprint density at radius 1 is 1.23 bits per heavy atom. The summed E-state index contributed by atoms with van der Waals surface area (Å²) in [5.41, 5.74) is 6.33. The van der Waals surface area contributed by atoms with Crippen LogP contribution in [-0.4, -0.2) is 31.4 Å². The number of rotatable bonds is 3. The van der Waals surface area contributed by atoms with Crippen molar-refractivity contribution < 1.29 is 0 Å². The van der Waals surface area contributed by atoms with Gasteiger partial charge >= 0.3 is 0 Å². The van der Waals surface area contributed by atoms with Gasteiger partial charge in [-0.05, 0) is 42.2 Å². The van der Waals surface area contributed by atoms with Crippen molar-refractivity contribution in [2.45, 2.75) is 51.4 Å². The maximum absolute atomic E-state index is 4.64. The zero-order valence-electron chi connectivity index (χ0n) is 15.2. The minimum absolute atomic E-state index is 0.0589. The quantitative estimate of drug-likeness (QED) is 0.777. The van der Waals surface area contributed by atoms with Crippen LogP contribution in [0, 0.1) is 5.92 Å². The summed E-state index contributed by atoms with van der Waals surface area (Å²) in [6.07, 6.45) is 3.68. The van der Waals surface area contributed by atoms with Crippen LogP contribution in [0.15, 0.2) is 10.3 Å². The molecule has 1 unspecified atom stereocenters. The molecule has 2 aromatic rings. The van der Waals surface area contributed by atoms with Crippen molar-refractivity contribution in [1.29, 1.82) is 0 Å². The molecule has 0 bridgehead atoms. The molecule has 1 N–H and O–H groups in total. The molecule has 9 heteroatoms. The highest BCUT2D eigenvalue weighted by Crippen LogP contribution is 2.49. The highest BCUT2D eigenvalue weighted by Gasteiger charge is 2.44. The van der Waals surface area contributed by atoms with Crippen molar-refractivity contribution in [2.75, 3.05) is 16.4 Å². The zero-order valence-corrected chi connectivity index (χ0v) is 17.6. The molecule has 0 radical (unpaired) electrons. The Labute approximate surface area is 165 Å². The molecule has 2 atom stereocenters. The summed E-state index contributed by atoms with van der Waals surface area (Å²) in [4.78, 5) is 3.79. The third-order valence-electron chi connectivity index (χ3n) is 5.13. The van der Waals surface area contributed by atoms with Gasteiger partial charge in [0.1, 0.15) is 5.00 Å². The van der Waals surface area contributed by atoms with Gasteiger partial charge in [-0.25, -0.2) is 4.57 Å². The van der Waals surface area contributed by atoms with Crippen LogP contribution in [0.3, 0.4) is 0 Å². The first-order valence-corrected chi connectivity index (χ1v) is 12.0. The van der Waals surface area contributed by atoms with E-state index in [2.05, 4.69) is 51.0 Å². The summed E-state index contributed by atoms with van der Waals surface area (Å²) < 4.78 is 2.27. The number of anilines is 1. The van der Waals surface area contributed by atoms with Gasteiger partial charge in [0, 0.05) is 10.4 Å². The molecule has 0 saturated heterocycles. The second-order valence-electron chi connectivity index (χ2n) is 6.85. The monoisotopic (exact) mass is 406 g/mol. The van der Waals surface area contributed by atoms with Crippen LogP contribution in [0.25, 0.3) is 5.00 Å². The Hall–Kier alpha value is -1.19. The van der Waals surface area contributed by atoms with Crippen LogP contribution in [0.5, 0.6) is 0 Å². The highest BCUT2D eigenvalue weighted by atomic mass is 32.2. The van der Waals surface area contributed by atoms with E-state index in [1.807, 2.05) is 11.3 Å². The number of nitrogens with one attached hydrogen (secondary N) is 1. The van der Waals surface area contributed by atoms with E-state index < -0.39 is 0 Å². The van der Waals surface area contributed by atoms with Gasteiger partial charge in [0.25, 0.3) is 0 Å². The van der Waals surface area contributed by atoms with Gasteiger partial charge in [-0.1, -0.05) is 44.3 Å². The first kappa shape index (κ1) is 16.9. The fourth-order valence-electron chi connectivity index (χ4n) is 3.99. The Bertz CT molecular complexity index is 885. The molecule has 0 spiro atoms. The fourth-order valence-corrected chi connectivity index (χ4v) is 6.95. The van der Waals surface area contributed by atoms with E-state index in [0.717, 1.165) is 33.7 Å². The van der Waals surface area contributed by atoms with Crippen LogP contribution in [-0.2, 0) is 12.8 Å². The molecule has 0 aromatic carbocycles. The average molecular weight is 407 g/mol. The van der Waals surface area contributed by atoms with E-state index in [4.69, 9.17) is 0 Å². The van der Waals surface area contributed by atoms with E-state index in [1.165, 1.54) is 35.4 Å². The Balaban J connectivity index is 1.71. The maximum Gasteiger partial charge on any atom is 0.241 e. The van der Waals surface area contributed by atoms with Crippen molar-refractivity contribution in [3.8, 4) is 5.00 Å². The number of thiophene rings is 1. The summed E-state index contributed by atoms with van der Waals surface area (Å²) in [6, 6.07) is 0. The number of thioether (sulfide) groups is 2. The van der Waals surface area contributed by atoms with E-state index >= 15 is 0 Å². The fraction of sp³-hybridized carbons (Fsp3) is 0.588. The standard InChI is InChI=1S/C17H22N6S3/c1-4-24-16-20-18-13-12-10-7-6-9(3)8-11(10)26-14(12)23-15(22(13)16)19-21-17(23)25-5-2/h9,13,18H,4-8H2,1-3H3/t9-,13?/m0/s1. The second-order valence-corrected chi connectivity index (χ2v) is 10.4. The molecule has 0 amide bonds. The molecule has 26 heavy (non-hydrogen) atoms. The Morgan fingerprint density at radius 2 is 2.08 bits per heavy atom. The van der Waals surface area contributed by atoms with Gasteiger partial charge in [0.05, 0.1) is 0 Å². The van der Waals surface area contributed by atoms with E-state index in [0.29, 0.717) is 0 Å². The lowest BCUT2D eigenvalue weighted by molar-refractivity contribution is 0.498. The van der Waals surface area contributed by atoms with Crippen LogP contribution in [0.1, 0.15) is 49.4 Å². The van der Waals surface area contributed by atoms with Crippen LogP contribution in [0.2, 0.25) is 0 Å². The Morgan fingerprint density at radius 3 is 2.88 bits per heavy atom. The third-order valence-corrected chi connectivity index (χ3v) is 8.04. The molecule has 3 aliphatic rings. The van der Waals surface area contributed by atoms with Crippen molar-refractivity contribution in [2.24, 2.45) is 11.0 Å². The predicted octanol–water partition coefficient (Wildman–Crippen LogP) is 4.01. The topological polar surface area (TPSA) is 58.3 Å². The average Bonchev–Trinajstić information content (AvgIpc) is 3.30. The molecule has 0 fully saturated rings. The minimum atomic E-state index is 0.0589. The molecule has 138 valence electrons. The normalized spacial score (nSPS) is 23.0. The molecule has 0 saturated carbocycles. The third kappa shape index (κ3) is 2.36. The molecular formula is C17H22N6S3. The number of fused-ring (bicyclic) bond motifs is 8. The minimum Gasteiger partial charge on any atom is -0.280 e. The largest absolute Gasteiger partial charge is 0.280 e. The Kier molecular flexibility index (Phi) is 4.21. The lowest BCUT2D eigenvalue weighted by Crippen LogP contribution is -2.38. The summed E-state index contributed by atoms with van der Waals surface area (Å²) in [5.74, 6) is 3.64. The predicted molar refractivity (Wildman–Crippen MR) is 111 cm³/mol. The van der Waals surface area contributed by atoms with Crippen LogP contribution < -0.4 is 10.3 Å². The number of amidine groups is 1. The molecule has 1 aliphatic carbocycles. The molecule has 4 heterocycles. The first-order chi connectivity index (χ1) is 12.7. The van der Waals surface area contributed by atoms with Crippen LogP contribution >= 0.6 is 34.9 Å². The zero-order chi connectivity index (χ0) is 17.8. The first-order valence-electron chi connectivity index (χ1n) is 9.21. The van der Waals surface area contributed by atoms with E-state index in [-0.39, 0.29) is 6.17 Å². The van der Waals surface area contributed by atoms with Gasteiger partial charge in [0.2, 0.25) is 5.95 Å². The lowest BCUT2D eigenvalue weighted by atomic mass is 9.87. The van der Waals surface area contributed by atoms with E-state index in [1.54, 1.807) is 28.4 Å². The van der Waals surface area contributed by atoms with Crippen molar-refractivity contribution >= 4 is 46.0 Å². The molecule has 5 rings (SSSR count). The van der Waals surface area contributed by atoms with Gasteiger partial charge in [0.15, 0.2) is 16.5 Å². The molecule has 2 aliphatic heterocycles. The van der Waals surface area contributed by atoms with Crippen molar-refractivity contribution in [3.05, 3.63) is 16.0 Å². The second kappa shape index (κ2) is 6.45. The number of nitrogens with zero attached hydrogens (tertiary/aromatic N) is 5. The van der Waals surface area contributed by atoms with Gasteiger partial charge in [-0.2, -0.15) is 5.10 Å². The number of aromatic nitrogens is 3. The van der Waals surface area contributed by atoms with Gasteiger partial charge < -0.3 is 0 Å². The molecule has 2 aromatic heterocycles. The number of hydrazone groups is 1. The van der Waals surface area contributed by atoms with Crippen molar-refractivity contribution in [3.63, 3.8) is 0 Å². The molecular weight excluding hydrogens is 384 g/mol. The maximum atomic E-state index is 4.64. The van der Waals surface area contributed by atoms with Crippen molar-refractivity contribution in [1.82, 2.24) is 20.2 Å². The number of hydrogen-bond acceptors (Lipinski definition) is 8. The SMILES string of the molecule is CCSC1=NNC2c3c(sc4c3CC[C@H](C)C4)-n3c(SCC)nnc3N12. The number of hydrogen-bond donors (Lipinski definition) is 1. The summed E-state index contributed by atoms with van der Waals surface area (Å²) in [7, 11) is 0. The summed E-state index contributed by atoms with van der Waals surface area (Å²) >= 11 is 5.45. The van der Waals surface area contributed by atoms with Gasteiger partial charge in [-0.15, -0.1) is 21.5 Å². The summed E-state index contributed by atoms with van der Waals surface area (Å²) in [6.45, 7) is 6.69. The summed E-state index contributed by atoms with van der Waals surface area (Å²) in [5, 5.41) is 17.0. The highest BCUT2D eigenvalue weighted by molar-refractivity contribution is 8.14. The lowest BCUT2D eigenvalue weighted by Gasteiger charge is -2.32. The van der Waals surface area contributed by atoms with E-state index in [9.17, 15) is 0 Å².